The molecule has 0 radical (unpaired) electrons. The number of carboxylic acids is 1. The number of carbonyl (C=O) groups is 1. The first-order valence-electron chi connectivity index (χ1n) is 5.54. The van der Waals surface area contributed by atoms with Crippen molar-refractivity contribution < 1.29 is 23.1 Å². The van der Waals surface area contributed by atoms with Crippen LogP contribution < -0.4 is 0 Å². The van der Waals surface area contributed by atoms with Crippen molar-refractivity contribution in [3.8, 4) is 0 Å². The van der Waals surface area contributed by atoms with Crippen molar-refractivity contribution in [2.45, 2.75) is 36.6 Å². The Balaban J connectivity index is 3.33. The fourth-order valence-corrected chi connectivity index (χ4v) is 3.75. The molecule has 0 aromatic heterocycles. The van der Waals surface area contributed by atoms with Gasteiger partial charge in [-0.3, -0.25) is 4.79 Å². The largest absolute Gasteiger partial charge is 0.480 e. The van der Waals surface area contributed by atoms with Gasteiger partial charge in [0.25, 0.3) is 0 Å². The van der Waals surface area contributed by atoms with Crippen molar-refractivity contribution in [1.82, 2.24) is 0 Å². The van der Waals surface area contributed by atoms with Crippen LogP contribution in [0.5, 0.6) is 0 Å². The Labute approximate surface area is 112 Å². The van der Waals surface area contributed by atoms with E-state index in [1.54, 1.807) is 12.3 Å². The maximum atomic E-state index is 12.7. The number of hydrogen-bond donors (Lipinski definition) is 1. The minimum atomic E-state index is -4.42. The molecule has 0 amide bonds. The van der Waals surface area contributed by atoms with E-state index in [9.17, 15) is 23.1 Å². The molecule has 0 saturated heterocycles. The van der Waals surface area contributed by atoms with Gasteiger partial charge in [0.2, 0.25) is 0 Å². The summed E-state index contributed by atoms with van der Waals surface area (Å²) in [5.74, 6) is -1.04. The van der Waals surface area contributed by atoms with Gasteiger partial charge < -0.3 is 5.11 Å². The van der Waals surface area contributed by atoms with E-state index in [-0.39, 0.29) is 0 Å². The Morgan fingerprint density at radius 1 is 1.32 bits per heavy atom. The summed E-state index contributed by atoms with van der Waals surface area (Å²) in [5, 5.41) is 10.8. The molecule has 0 aliphatic carbocycles. The van der Waals surface area contributed by atoms with Crippen molar-refractivity contribution in [3.05, 3.63) is 29.8 Å². The molecule has 0 spiro atoms. The topological polar surface area (TPSA) is 37.3 Å². The molecule has 1 aromatic rings. The highest BCUT2D eigenvalue weighted by atomic mass is 32.2. The molecule has 1 aromatic carbocycles. The van der Waals surface area contributed by atoms with Gasteiger partial charge in [0.1, 0.15) is 4.75 Å². The van der Waals surface area contributed by atoms with Crippen LogP contribution >= 0.6 is 10.5 Å². The van der Waals surface area contributed by atoms with Crippen LogP contribution in [-0.4, -0.2) is 21.2 Å². The van der Waals surface area contributed by atoms with Gasteiger partial charge in [0.05, 0.1) is 5.56 Å². The number of alkyl halides is 3. The molecule has 19 heavy (non-hydrogen) atoms. The van der Waals surface area contributed by atoms with Gasteiger partial charge in [-0.05, 0) is 39.0 Å². The predicted molar refractivity (Wildman–Crippen MR) is 70.8 cm³/mol. The van der Waals surface area contributed by atoms with Gasteiger partial charge in [-0.15, -0.1) is 10.5 Å². The lowest BCUT2D eigenvalue weighted by atomic mass is 10.2. The van der Waals surface area contributed by atoms with E-state index < -0.39 is 32.9 Å². The maximum Gasteiger partial charge on any atom is 0.416 e. The summed E-state index contributed by atoms with van der Waals surface area (Å²) < 4.78 is 36.9. The quantitative estimate of drug-likeness (QED) is 0.854. The lowest BCUT2D eigenvalue weighted by Gasteiger charge is -2.25. The molecule has 0 saturated carbocycles. The zero-order valence-corrected chi connectivity index (χ0v) is 11.6. The summed E-state index contributed by atoms with van der Waals surface area (Å²) in [6, 6.07) is 4.84. The predicted octanol–water partition coefficient (Wildman–Crippen LogP) is 4.02. The number of aliphatic carboxylic acids is 1. The molecule has 1 atom stereocenters. The molecular formula is C13H15F3O2S. The van der Waals surface area contributed by atoms with Gasteiger partial charge in [-0.1, -0.05) is 11.4 Å². The second kappa shape index (κ2) is 5.36. The first-order valence-corrected chi connectivity index (χ1v) is 6.83. The van der Waals surface area contributed by atoms with Crippen LogP contribution in [0, 0.1) is 0 Å². The lowest BCUT2D eigenvalue weighted by molar-refractivity contribution is -0.139. The standard InChI is InChI=1S/C13H15F3O2S/c1-4-19(12(2,3)11(17)18)10-7-5-6-9(8-10)13(14,15)16/h4-8H,1-3H3,(H,17,18). The summed E-state index contributed by atoms with van der Waals surface area (Å²) in [5.41, 5.74) is -0.759. The molecule has 106 valence electrons. The first kappa shape index (κ1) is 15.8. The van der Waals surface area contributed by atoms with E-state index in [0.29, 0.717) is 4.90 Å². The maximum absolute atomic E-state index is 12.7. The summed E-state index contributed by atoms with van der Waals surface area (Å²) in [6.45, 7) is 4.69. The van der Waals surface area contributed by atoms with Crippen molar-refractivity contribution in [2.75, 3.05) is 0 Å². The zero-order valence-electron chi connectivity index (χ0n) is 10.8. The van der Waals surface area contributed by atoms with Gasteiger partial charge in [0, 0.05) is 4.90 Å². The van der Waals surface area contributed by atoms with Crippen LogP contribution in [0.3, 0.4) is 0 Å². The van der Waals surface area contributed by atoms with E-state index in [4.69, 9.17) is 0 Å². The molecule has 1 unspecified atom stereocenters. The molecule has 0 aliphatic heterocycles. The zero-order chi connectivity index (χ0) is 14.8. The summed E-state index contributed by atoms with van der Waals surface area (Å²) in [7, 11) is -0.905. The molecule has 2 nitrogen and oxygen atoms in total. The molecule has 0 fully saturated rings. The Kier molecular flexibility index (Phi) is 4.45. The minimum Gasteiger partial charge on any atom is -0.480 e. The molecule has 0 heterocycles. The highest BCUT2D eigenvalue weighted by molar-refractivity contribution is 8.16. The number of benzene rings is 1. The molecule has 1 N–H and O–H groups in total. The van der Waals surface area contributed by atoms with Crippen molar-refractivity contribution in [1.29, 1.82) is 0 Å². The van der Waals surface area contributed by atoms with Crippen molar-refractivity contribution in [2.24, 2.45) is 0 Å². The number of hydrogen-bond acceptors (Lipinski definition) is 1. The SMILES string of the molecule is C/C=S(\c1cccc(C(F)(F)F)c1)C(C)(C)C(=O)O. The highest BCUT2D eigenvalue weighted by Gasteiger charge is 2.34. The monoisotopic (exact) mass is 292 g/mol. The third-order valence-electron chi connectivity index (χ3n) is 2.72. The average Bonchev–Trinajstić information content (AvgIpc) is 2.28. The minimum absolute atomic E-state index is 0.379. The van der Waals surface area contributed by atoms with Crippen LogP contribution in [0.25, 0.3) is 0 Å². The number of rotatable bonds is 3. The van der Waals surface area contributed by atoms with E-state index in [2.05, 4.69) is 0 Å². The van der Waals surface area contributed by atoms with Crippen LogP contribution in [0.2, 0.25) is 0 Å². The van der Waals surface area contributed by atoms with Gasteiger partial charge in [0.15, 0.2) is 0 Å². The molecule has 0 aliphatic rings. The fourth-order valence-electron chi connectivity index (χ4n) is 1.63. The fraction of sp³-hybridized carbons (Fsp3) is 0.385. The van der Waals surface area contributed by atoms with E-state index in [1.165, 1.54) is 26.0 Å². The van der Waals surface area contributed by atoms with Gasteiger partial charge in [-0.25, -0.2) is 0 Å². The van der Waals surface area contributed by atoms with E-state index in [1.807, 2.05) is 0 Å². The second-order valence-electron chi connectivity index (χ2n) is 4.41. The Hall–Kier alpha value is -1.30. The summed E-state index contributed by atoms with van der Waals surface area (Å²) in [4.78, 5) is 11.6. The van der Waals surface area contributed by atoms with E-state index >= 15 is 0 Å². The molecule has 0 bridgehead atoms. The van der Waals surface area contributed by atoms with Gasteiger partial charge >= 0.3 is 12.1 Å². The number of halogens is 3. The Bertz CT molecular complexity index is 519. The smallest absolute Gasteiger partial charge is 0.416 e. The Morgan fingerprint density at radius 3 is 2.32 bits per heavy atom. The molecule has 1 rings (SSSR count). The average molecular weight is 292 g/mol. The molecular weight excluding hydrogens is 277 g/mol. The van der Waals surface area contributed by atoms with Crippen LogP contribution in [-0.2, 0) is 11.0 Å². The second-order valence-corrected chi connectivity index (χ2v) is 7.05. The molecule has 6 heteroatoms. The Morgan fingerprint density at radius 2 is 1.89 bits per heavy atom. The summed E-state index contributed by atoms with van der Waals surface area (Å²) >= 11 is 0. The van der Waals surface area contributed by atoms with Crippen molar-refractivity contribution in [3.63, 3.8) is 0 Å². The third-order valence-corrected chi connectivity index (χ3v) is 5.22. The van der Waals surface area contributed by atoms with E-state index in [0.717, 1.165) is 12.1 Å². The summed E-state index contributed by atoms with van der Waals surface area (Å²) in [6.07, 6.45) is -4.42. The van der Waals surface area contributed by atoms with Crippen molar-refractivity contribution >= 4 is 21.8 Å². The van der Waals surface area contributed by atoms with Gasteiger partial charge in [-0.2, -0.15) is 13.2 Å². The van der Waals surface area contributed by atoms with Crippen LogP contribution in [0.15, 0.2) is 29.2 Å². The highest BCUT2D eigenvalue weighted by Crippen LogP contribution is 2.41. The lowest BCUT2D eigenvalue weighted by Crippen LogP contribution is -2.29. The third kappa shape index (κ3) is 3.37. The number of carboxylic acid groups (broad SMARTS) is 1. The normalized spacial score (nSPS) is 14.4. The van der Waals surface area contributed by atoms with Crippen LogP contribution in [0.4, 0.5) is 13.2 Å². The van der Waals surface area contributed by atoms with Crippen LogP contribution in [0.1, 0.15) is 26.3 Å². The first-order chi connectivity index (χ1) is 8.60.